The molecule has 0 unspecified atom stereocenters. The Labute approximate surface area is 121 Å². The fourth-order valence-corrected chi connectivity index (χ4v) is 3.99. The Morgan fingerprint density at radius 2 is 2.15 bits per heavy atom. The lowest BCUT2D eigenvalue weighted by Crippen LogP contribution is -2.31. The van der Waals surface area contributed by atoms with Gasteiger partial charge in [0.15, 0.2) is 0 Å². The molecule has 3 N–H and O–H groups in total. The molecule has 0 saturated heterocycles. The third-order valence-electron chi connectivity index (χ3n) is 4.26. The highest BCUT2D eigenvalue weighted by Crippen LogP contribution is 2.47. The predicted octanol–water partition coefficient (Wildman–Crippen LogP) is 1.70. The summed E-state index contributed by atoms with van der Waals surface area (Å²) in [6, 6.07) is 0. The summed E-state index contributed by atoms with van der Waals surface area (Å²) >= 11 is 1.50. The number of anilines is 1. The molecule has 3 rings (SSSR count). The van der Waals surface area contributed by atoms with E-state index in [-0.39, 0.29) is 11.9 Å². The van der Waals surface area contributed by atoms with Gasteiger partial charge < -0.3 is 15.8 Å². The van der Waals surface area contributed by atoms with E-state index in [0.29, 0.717) is 17.1 Å². The van der Waals surface area contributed by atoms with Crippen molar-refractivity contribution >= 4 is 28.2 Å². The summed E-state index contributed by atoms with van der Waals surface area (Å²) in [5.74, 6) is -0.428. The van der Waals surface area contributed by atoms with E-state index in [4.69, 9.17) is 10.5 Å². The van der Waals surface area contributed by atoms with E-state index in [9.17, 15) is 9.59 Å². The number of aryl methyl sites for hydroxylation is 1. The summed E-state index contributed by atoms with van der Waals surface area (Å²) in [4.78, 5) is 25.5. The first-order valence-corrected chi connectivity index (χ1v) is 7.67. The number of nitrogens with one attached hydrogen (secondary N) is 1. The van der Waals surface area contributed by atoms with Crippen molar-refractivity contribution in [2.24, 2.45) is 11.1 Å². The topological polar surface area (TPSA) is 81.4 Å². The summed E-state index contributed by atoms with van der Waals surface area (Å²) in [6.07, 6.45) is 4.57. The molecule has 6 heteroatoms. The maximum Gasteiger partial charge on any atom is 0.341 e. The van der Waals surface area contributed by atoms with Crippen molar-refractivity contribution in [3.8, 4) is 0 Å². The minimum absolute atomic E-state index is 0.0647. The molecule has 1 fully saturated rings. The SMILES string of the molecule is COC(=O)c1c(NC(=O)C2(CN)CC2)sc2c1CCC2. The van der Waals surface area contributed by atoms with Crippen LogP contribution in [0.25, 0.3) is 0 Å². The molecule has 108 valence electrons. The van der Waals surface area contributed by atoms with Gasteiger partial charge in [-0.3, -0.25) is 4.79 Å². The number of carbonyl (C=O) groups is 2. The lowest BCUT2D eigenvalue weighted by Gasteiger charge is -2.13. The maximum atomic E-state index is 12.3. The second-order valence-corrected chi connectivity index (χ2v) is 6.60. The lowest BCUT2D eigenvalue weighted by atomic mass is 10.1. The molecule has 0 aromatic carbocycles. The number of methoxy groups -OCH3 is 1. The molecule has 1 amide bonds. The van der Waals surface area contributed by atoms with Gasteiger partial charge in [-0.2, -0.15) is 0 Å². The summed E-state index contributed by atoms with van der Waals surface area (Å²) in [6.45, 7) is 0.359. The highest BCUT2D eigenvalue weighted by molar-refractivity contribution is 7.17. The molecular formula is C14H18N2O3S. The van der Waals surface area contributed by atoms with E-state index in [0.717, 1.165) is 37.7 Å². The molecule has 0 radical (unpaired) electrons. The summed E-state index contributed by atoms with van der Waals surface area (Å²) < 4.78 is 4.86. The van der Waals surface area contributed by atoms with Gasteiger partial charge in [-0.15, -0.1) is 11.3 Å². The molecule has 2 aliphatic rings. The summed E-state index contributed by atoms with van der Waals surface area (Å²) in [7, 11) is 1.37. The number of carbonyl (C=O) groups excluding carboxylic acids is 2. The van der Waals surface area contributed by atoms with Crippen LogP contribution in [0.3, 0.4) is 0 Å². The zero-order chi connectivity index (χ0) is 14.3. The first-order valence-electron chi connectivity index (χ1n) is 6.85. The molecule has 5 nitrogen and oxygen atoms in total. The molecule has 1 heterocycles. The van der Waals surface area contributed by atoms with E-state index in [2.05, 4.69) is 5.32 Å². The van der Waals surface area contributed by atoms with Crippen LogP contribution in [0.2, 0.25) is 0 Å². The molecule has 0 aliphatic heterocycles. The molecule has 1 saturated carbocycles. The fourth-order valence-electron chi connectivity index (χ4n) is 2.72. The van der Waals surface area contributed by atoms with E-state index in [1.54, 1.807) is 0 Å². The van der Waals surface area contributed by atoms with Gasteiger partial charge in [-0.25, -0.2) is 4.79 Å². The second-order valence-electron chi connectivity index (χ2n) is 5.49. The smallest absolute Gasteiger partial charge is 0.341 e. The number of hydrogen-bond acceptors (Lipinski definition) is 5. The van der Waals surface area contributed by atoms with Gasteiger partial charge in [0.25, 0.3) is 0 Å². The minimum atomic E-state index is -0.415. The molecule has 0 spiro atoms. The minimum Gasteiger partial charge on any atom is -0.465 e. The number of rotatable bonds is 4. The van der Waals surface area contributed by atoms with E-state index in [1.807, 2.05) is 0 Å². The van der Waals surface area contributed by atoms with Gasteiger partial charge in [0.05, 0.1) is 18.1 Å². The van der Waals surface area contributed by atoms with Crippen LogP contribution in [-0.2, 0) is 22.4 Å². The van der Waals surface area contributed by atoms with Crippen molar-refractivity contribution in [2.45, 2.75) is 32.1 Å². The molecule has 2 aliphatic carbocycles. The summed E-state index contributed by atoms with van der Waals surface area (Å²) in [5.41, 5.74) is 6.85. The Balaban J connectivity index is 1.90. The Morgan fingerprint density at radius 3 is 2.75 bits per heavy atom. The van der Waals surface area contributed by atoms with E-state index < -0.39 is 5.41 Å². The zero-order valence-corrected chi connectivity index (χ0v) is 12.3. The van der Waals surface area contributed by atoms with Crippen molar-refractivity contribution < 1.29 is 14.3 Å². The highest BCUT2D eigenvalue weighted by Gasteiger charge is 2.49. The van der Waals surface area contributed by atoms with Gasteiger partial charge in [0, 0.05) is 11.4 Å². The van der Waals surface area contributed by atoms with Gasteiger partial charge in [-0.05, 0) is 37.7 Å². The van der Waals surface area contributed by atoms with Crippen molar-refractivity contribution in [3.05, 3.63) is 16.0 Å². The van der Waals surface area contributed by atoms with Gasteiger partial charge >= 0.3 is 5.97 Å². The predicted molar refractivity (Wildman–Crippen MR) is 77.0 cm³/mol. The van der Waals surface area contributed by atoms with Crippen LogP contribution < -0.4 is 11.1 Å². The maximum absolute atomic E-state index is 12.3. The number of thiophene rings is 1. The number of esters is 1. The van der Waals surface area contributed by atoms with Crippen LogP contribution in [0.15, 0.2) is 0 Å². The monoisotopic (exact) mass is 294 g/mol. The van der Waals surface area contributed by atoms with Gasteiger partial charge in [0.2, 0.25) is 5.91 Å². The highest BCUT2D eigenvalue weighted by atomic mass is 32.1. The fraction of sp³-hybridized carbons (Fsp3) is 0.571. The molecule has 0 bridgehead atoms. The first kappa shape index (κ1) is 13.6. The van der Waals surface area contributed by atoms with Crippen LogP contribution in [0.5, 0.6) is 0 Å². The van der Waals surface area contributed by atoms with Crippen LogP contribution in [0.1, 0.15) is 40.1 Å². The van der Waals surface area contributed by atoms with Crippen LogP contribution in [-0.4, -0.2) is 25.5 Å². The number of hydrogen-bond donors (Lipinski definition) is 2. The third-order valence-corrected chi connectivity index (χ3v) is 5.47. The second kappa shape index (κ2) is 4.86. The average Bonchev–Trinajstić information content (AvgIpc) is 3.01. The number of nitrogens with two attached hydrogens (primary N) is 1. The standard InChI is InChI=1S/C14H18N2O3S/c1-19-12(17)10-8-3-2-4-9(8)20-11(10)16-13(18)14(7-15)5-6-14/h2-7,15H2,1H3,(H,16,18). The zero-order valence-electron chi connectivity index (χ0n) is 11.5. The first-order chi connectivity index (χ1) is 9.61. The number of ether oxygens (including phenoxy) is 1. The van der Waals surface area contributed by atoms with Crippen LogP contribution in [0, 0.1) is 5.41 Å². The Hall–Kier alpha value is -1.40. The molecular weight excluding hydrogens is 276 g/mol. The van der Waals surface area contributed by atoms with E-state index >= 15 is 0 Å². The van der Waals surface area contributed by atoms with Gasteiger partial charge in [0.1, 0.15) is 5.00 Å². The molecule has 0 atom stereocenters. The van der Waals surface area contributed by atoms with Crippen molar-refractivity contribution in [2.75, 3.05) is 19.0 Å². The van der Waals surface area contributed by atoms with Crippen molar-refractivity contribution in [1.29, 1.82) is 0 Å². The summed E-state index contributed by atoms with van der Waals surface area (Å²) in [5, 5.41) is 3.54. The quantitative estimate of drug-likeness (QED) is 0.828. The molecule has 1 aromatic rings. The Bertz CT molecular complexity index is 575. The molecule has 1 aromatic heterocycles. The third kappa shape index (κ3) is 2.03. The van der Waals surface area contributed by atoms with Crippen molar-refractivity contribution in [3.63, 3.8) is 0 Å². The Morgan fingerprint density at radius 1 is 1.40 bits per heavy atom. The largest absolute Gasteiger partial charge is 0.465 e. The number of amides is 1. The molecule has 20 heavy (non-hydrogen) atoms. The van der Waals surface area contributed by atoms with Crippen LogP contribution in [0.4, 0.5) is 5.00 Å². The van der Waals surface area contributed by atoms with Gasteiger partial charge in [-0.1, -0.05) is 0 Å². The normalized spacial score (nSPS) is 18.5. The van der Waals surface area contributed by atoms with Crippen molar-refractivity contribution in [1.82, 2.24) is 0 Å². The lowest BCUT2D eigenvalue weighted by molar-refractivity contribution is -0.120. The Kier molecular flexibility index (Phi) is 3.30. The number of fused-ring (bicyclic) bond motifs is 1. The average molecular weight is 294 g/mol. The van der Waals surface area contributed by atoms with Crippen LogP contribution >= 0.6 is 11.3 Å². The van der Waals surface area contributed by atoms with E-state index in [1.165, 1.54) is 23.3 Å².